The Hall–Kier alpha value is -2.84. The molecule has 8 heteroatoms. The molecule has 6 nitrogen and oxygen atoms in total. The van der Waals surface area contributed by atoms with Gasteiger partial charge in [0.15, 0.2) is 0 Å². The summed E-state index contributed by atoms with van der Waals surface area (Å²) in [4.78, 5) is 11.3. The van der Waals surface area contributed by atoms with Crippen LogP contribution in [0.15, 0.2) is 77.5 Å². The van der Waals surface area contributed by atoms with Crippen molar-refractivity contribution < 1.29 is 24.5 Å². The summed E-state index contributed by atoms with van der Waals surface area (Å²) in [5, 5.41) is 21.7. The average molecular weight is 575 g/mol. The van der Waals surface area contributed by atoms with Gasteiger partial charge in [-0.1, -0.05) is 80.6 Å². The number of halogens is 2. The summed E-state index contributed by atoms with van der Waals surface area (Å²) in [5.41, 5.74) is 3.70. The molecule has 0 aliphatic heterocycles. The quantitative estimate of drug-likeness (QED) is 0.216. The molecular formula is C28H29BrClNO5. The van der Waals surface area contributed by atoms with Crippen molar-refractivity contribution in [1.29, 1.82) is 0 Å². The van der Waals surface area contributed by atoms with Gasteiger partial charge in [0.2, 0.25) is 0 Å². The van der Waals surface area contributed by atoms with Crippen LogP contribution in [0.2, 0.25) is 5.02 Å². The van der Waals surface area contributed by atoms with Crippen LogP contribution in [0.4, 0.5) is 0 Å². The smallest absolute Gasteiger partial charge is 0.323 e. The Bertz CT molecular complexity index is 1220. The van der Waals surface area contributed by atoms with Crippen molar-refractivity contribution in [2.75, 3.05) is 6.61 Å². The minimum absolute atomic E-state index is 0.0618. The molecule has 190 valence electrons. The number of hydrogen-bond donors (Lipinski definition) is 3. The molecule has 3 aromatic carbocycles. The maximum atomic E-state index is 11.3. The molecule has 0 heterocycles. The van der Waals surface area contributed by atoms with E-state index in [1.54, 1.807) is 12.1 Å². The number of carbonyl (C=O) groups is 1. The summed E-state index contributed by atoms with van der Waals surface area (Å²) in [6.45, 7) is 7.71. The molecule has 3 N–H and O–H groups in total. The number of hydrogen-bond acceptors (Lipinski definition) is 5. The number of aliphatic hydroxyl groups is 1. The summed E-state index contributed by atoms with van der Waals surface area (Å²) in [6, 6.07) is 18.3. The second-order valence-corrected chi connectivity index (χ2v) is 9.70. The molecule has 0 saturated carbocycles. The predicted octanol–water partition coefficient (Wildman–Crippen LogP) is 6.43. The lowest BCUT2D eigenvalue weighted by Crippen LogP contribution is -2.39. The van der Waals surface area contributed by atoms with Crippen molar-refractivity contribution in [2.45, 2.75) is 33.0 Å². The summed E-state index contributed by atoms with van der Waals surface area (Å²) < 4.78 is 13.0. The van der Waals surface area contributed by atoms with Crippen molar-refractivity contribution >= 4 is 33.5 Å². The maximum absolute atomic E-state index is 11.3. The molecule has 0 radical (unpaired) electrons. The Morgan fingerprint density at radius 3 is 2.44 bits per heavy atom. The van der Waals surface area contributed by atoms with Crippen LogP contribution in [-0.4, -0.2) is 28.8 Å². The Labute approximate surface area is 224 Å². The number of benzene rings is 3. The molecule has 1 unspecified atom stereocenters. The van der Waals surface area contributed by atoms with E-state index in [1.807, 2.05) is 62.4 Å². The molecule has 0 aromatic heterocycles. The SMILES string of the molecule is C=C(Oc1cc(OCc2cccc(-c3ccccc3)c2Br)c(Cl)cc1CNC(CO)C(=O)O)C(C)C. The normalized spacial score (nSPS) is 11.8. The van der Waals surface area contributed by atoms with Gasteiger partial charge in [-0.3, -0.25) is 10.1 Å². The highest BCUT2D eigenvalue weighted by atomic mass is 79.9. The monoisotopic (exact) mass is 573 g/mol. The van der Waals surface area contributed by atoms with E-state index in [9.17, 15) is 15.0 Å². The highest BCUT2D eigenvalue weighted by molar-refractivity contribution is 9.10. The fourth-order valence-electron chi connectivity index (χ4n) is 3.33. The maximum Gasteiger partial charge on any atom is 0.323 e. The number of carboxylic acids is 1. The van der Waals surface area contributed by atoms with Crippen LogP contribution < -0.4 is 14.8 Å². The lowest BCUT2D eigenvalue weighted by molar-refractivity contribution is -0.140. The summed E-state index contributed by atoms with van der Waals surface area (Å²) in [5.74, 6) is 0.313. The number of aliphatic hydroxyl groups excluding tert-OH is 1. The van der Waals surface area contributed by atoms with Crippen molar-refractivity contribution in [3.8, 4) is 22.6 Å². The fourth-order valence-corrected chi connectivity index (χ4v) is 4.18. The standard InChI is InChI=1S/C28H29BrClNO5/c1-17(2)18(3)36-25-13-26(23(30)12-21(25)14-31-24(15-32)28(33)34)35-16-20-10-7-11-22(27(20)29)19-8-5-4-6-9-19/h4-13,17,24,31-32H,3,14-16H2,1-2H3,(H,33,34). The van der Waals surface area contributed by atoms with Gasteiger partial charge in [0.1, 0.15) is 24.1 Å². The van der Waals surface area contributed by atoms with Crippen LogP contribution in [0.3, 0.4) is 0 Å². The second-order valence-electron chi connectivity index (χ2n) is 8.50. The van der Waals surface area contributed by atoms with Crippen LogP contribution in [0.1, 0.15) is 25.0 Å². The summed E-state index contributed by atoms with van der Waals surface area (Å²) in [6.07, 6.45) is 0. The Balaban J connectivity index is 1.86. The van der Waals surface area contributed by atoms with Crippen LogP contribution in [0.5, 0.6) is 11.5 Å². The van der Waals surface area contributed by atoms with Crippen LogP contribution >= 0.6 is 27.5 Å². The van der Waals surface area contributed by atoms with E-state index < -0.39 is 18.6 Å². The minimum atomic E-state index is -1.15. The van der Waals surface area contributed by atoms with Crippen LogP contribution in [0.25, 0.3) is 11.1 Å². The molecule has 36 heavy (non-hydrogen) atoms. The van der Waals surface area contributed by atoms with E-state index in [0.29, 0.717) is 27.8 Å². The van der Waals surface area contributed by atoms with E-state index >= 15 is 0 Å². The molecular weight excluding hydrogens is 546 g/mol. The molecule has 0 bridgehead atoms. The lowest BCUT2D eigenvalue weighted by Gasteiger charge is -2.19. The first-order valence-electron chi connectivity index (χ1n) is 11.4. The van der Waals surface area contributed by atoms with E-state index in [4.69, 9.17) is 21.1 Å². The Kier molecular flexibility index (Phi) is 9.96. The van der Waals surface area contributed by atoms with Gasteiger partial charge in [0.25, 0.3) is 0 Å². The molecule has 0 fully saturated rings. The zero-order chi connectivity index (χ0) is 26.2. The lowest BCUT2D eigenvalue weighted by atomic mass is 10.0. The van der Waals surface area contributed by atoms with E-state index in [0.717, 1.165) is 21.2 Å². The third kappa shape index (κ3) is 7.11. The van der Waals surface area contributed by atoms with E-state index in [1.165, 1.54) is 0 Å². The van der Waals surface area contributed by atoms with Crippen LogP contribution in [-0.2, 0) is 17.9 Å². The molecule has 0 spiro atoms. The van der Waals surface area contributed by atoms with Crippen molar-refractivity contribution in [1.82, 2.24) is 5.32 Å². The molecule has 3 rings (SSSR count). The second kappa shape index (κ2) is 12.9. The summed E-state index contributed by atoms with van der Waals surface area (Å²) in [7, 11) is 0. The Morgan fingerprint density at radius 2 is 1.81 bits per heavy atom. The van der Waals surface area contributed by atoms with Gasteiger partial charge in [-0.15, -0.1) is 0 Å². The number of carboxylic acid groups (broad SMARTS) is 1. The van der Waals surface area contributed by atoms with Crippen LogP contribution in [0, 0.1) is 5.92 Å². The molecule has 0 saturated heterocycles. The minimum Gasteiger partial charge on any atom is -0.487 e. The van der Waals surface area contributed by atoms with Gasteiger partial charge in [-0.05, 0) is 33.1 Å². The first-order valence-corrected chi connectivity index (χ1v) is 12.6. The zero-order valence-corrected chi connectivity index (χ0v) is 22.5. The molecule has 0 aliphatic carbocycles. The largest absolute Gasteiger partial charge is 0.487 e. The predicted molar refractivity (Wildman–Crippen MR) is 145 cm³/mol. The van der Waals surface area contributed by atoms with E-state index in [-0.39, 0.29) is 19.1 Å². The highest BCUT2D eigenvalue weighted by Gasteiger charge is 2.19. The third-order valence-electron chi connectivity index (χ3n) is 5.57. The van der Waals surface area contributed by atoms with E-state index in [2.05, 4.69) is 27.8 Å². The first kappa shape index (κ1) is 27.7. The topological polar surface area (TPSA) is 88.0 Å². The molecule has 0 amide bonds. The van der Waals surface area contributed by atoms with Crippen molar-refractivity contribution in [3.05, 3.63) is 93.6 Å². The van der Waals surface area contributed by atoms with Gasteiger partial charge in [-0.2, -0.15) is 0 Å². The van der Waals surface area contributed by atoms with Gasteiger partial charge < -0.3 is 19.7 Å². The third-order valence-corrected chi connectivity index (χ3v) is 6.80. The van der Waals surface area contributed by atoms with Crippen molar-refractivity contribution in [3.63, 3.8) is 0 Å². The Morgan fingerprint density at radius 1 is 1.08 bits per heavy atom. The van der Waals surface area contributed by atoms with Gasteiger partial charge >= 0.3 is 5.97 Å². The highest BCUT2D eigenvalue weighted by Crippen LogP contribution is 2.36. The van der Waals surface area contributed by atoms with Gasteiger partial charge in [-0.25, -0.2) is 0 Å². The number of nitrogens with one attached hydrogen (secondary N) is 1. The zero-order valence-electron chi connectivity index (χ0n) is 20.1. The number of allylic oxidation sites excluding steroid dienone is 1. The average Bonchev–Trinajstić information content (AvgIpc) is 2.85. The van der Waals surface area contributed by atoms with Gasteiger partial charge in [0.05, 0.1) is 17.4 Å². The van der Waals surface area contributed by atoms with Crippen molar-refractivity contribution in [2.24, 2.45) is 5.92 Å². The fraction of sp³-hybridized carbons (Fsp3) is 0.250. The van der Waals surface area contributed by atoms with Gasteiger partial charge in [0, 0.05) is 34.1 Å². The number of aliphatic carboxylic acids is 1. The number of ether oxygens (including phenoxy) is 2. The summed E-state index contributed by atoms with van der Waals surface area (Å²) >= 11 is 10.2. The number of rotatable bonds is 12. The molecule has 0 aliphatic rings. The molecule has 3 aromatic rings. The first-order chi connectivity index (χ1) is 17.2. The molecule has 1 atom stereocenters.